The van der Waals surface area contributed by atoms with Crippen LogP contribution in [0.3, 0.4) is 0 Å². The zero-order valence-corrected chi connectivity index (χ0v) is 18.9. The Hall–Kier alpha value is -2.00. The van der Waals surface area contributed by atoms with Crippen LogP contribution in [0.4, 0.5) is 0 Å². The van der Waals surface area contributed by atoms with Gasteiger partial charge in [-0.25, -0.2) is 4.98 Å². The molecule has 0 bridgehead atoms. The Bertz CT molecular complexity index is 862. The van der Waals surface area contributed by atoms with Crippen molar-refractivity contribution in [3.63, 3.8) is 0 Å². The Labute approximate surface area is 187 Å². The predicted molar refractivity (Wildman–Crippen MR) is 120 cm³/mol. The van der Waals surface area contributed by atoms with Crippen LogP contribution in [-0.2, 0) is 11.2 Å². The summed E-state index contributed by atoms with van der Waals surface area (Å²) in [6.07, 6.45) is 2.51. The molecule has 31 heavy (non-hydrogen) atoms. The lowest BCUT2D eigenvalue weighted by Gasteiger charge is -2.47. The van der Waals surface area contributed by atoms with Crippen LogP contribution in [0, 0.1) is 6.92 Å². The van der Waals surface area contributed by atoms with Gasteiger partial charge in [0.15, 0.2) is 0 Å². The first kappa shape index (κ1) is 22.2. The molecule has 1 spiro atoms. The van der Waals surface area contributed by atoms with Crippen molar-refractivity contribution in [2.45, 2.75) is 31.8 Å². The van der Waals surface area contributed by atoms with Gasteiger partial charge in [-0.1, -0.05) is 12.1 Å². The van der Waals surface area contributed by atoms with Crippen LogP contribution < -0.4 is 4.74 Å². The Balaban J connectivity index is 1.22. The molecule has 2 aromatic rings. The van der Waals surface area contributed by atoms with Gasteiger partial charge in [-0.2, -0.15) is 0 Å². The van der Waals surface area contributed by atoms with Gasteiger partial charge in [0.05, 0.1) is 23.8 Å². The third-order valence-electron chi connectivity index (χ3n) is 6.14. The Morgan fingerprint density at radius 2 is 2.03 bits per heavy atom. The largest absolute Gasteiger partial charge is 0.492 e. The van der Waals surface area contributed by atoms with E-state index < -0.39 is 0 Å². The number of nitrogens with zero attached hydrogens (tertiary/aromatic N) is 3. The van der Waals surface area contributed by atoms with E-state index >= 15 is 0 Å². The van der Waals surface area contributed by atoms with Crippen LogP contribution in [0.15, 0.2) is 29.6 Å². The number of carbonyl (C=O) groups is 1. The number of amides is 1. The van der Waals surface area contributed by atoms with Gasteiger partial charge in [0, 0.05) is 38.2 Å². The van der Waals surface area contributed by atoms with Gasteiger partial charge in [0.1, 0.15) is 18.1 Å². The molecule has 4 rings (SSSR count). The molecule has 0 unspecified atom stereocenters. The molecule has 2 aliphatic rings. The molecule has 0 saturated carbocycles. The van der Waals surface area contributed by atoms with Crippen molar-refractivity contribution in [3.8, 4) is 5.75 Å². The summed E-state index contributed by atoms with van der Waals surface area (Å²) >= 11 is 1.51. The lowest BCUT2D eigenvalue weighted by atomic mass is 9.89. The van der Waals surface area contributed by atoms with Gasteiger partial charge in [-0.05, 0) is 43.9 Å². The van der Waals surface area contributed by atoms with E-state index in [1.807, 2.05) is 41.5 Å². The zero-order valence-electron chi connectivity index (χ0n) is 18.1. The molecule has 0 aliphatic carbocycles. The van der Waals surface area contributed by atoms with Crippen molar-refractivity contribution >= 4 is 17.2 Å². The molecule has 8 heteroatoms. The SMILES string of the molecule is Cc1nc(C(=O)N2CCOC3(CCN(CCOc4ccc(CCO)cc4)CC3)C2)cs1. The maximum Gasteiger partial charge on any atom is 0.273 e. The molecule has 168 valence electrons. The molecule has 1 aromatic carbocycles. The number of hydrogen-bond donors (Lipinski definition) is 1. The second-order valence-electron chi connectivity index (χ2n) is 8.32. The average molecular weight is 446 g/mol. The first-order valence-corrected chi connectivity index (χ1v) is 11.9. The third-order valence-corrected chi connectivity index (χ3v) is 6.91. The number of aliphatic hydroxyl groups excluding tert-OH is 1. The van der Waals surface area contributed by atoms with E-state index in [1.54, 1.807) is 0 Å². The number of aromatic nitrogens is 1. The summed E-state index contributed by atoms with van der Waals surface area (Å²) in [5.41, 5.74) is 1.43. The number of hydrogen-bond acceptors (Lipinski definition) is 7. The minimum absolute atomic E-state index is 0.0212. The van der Waals surface area contributed by atoms with E-state index in [9.17, 15) is 4.79 Å². The number of aliphatic hydroxyl groups is 1. The van der Waals surface area contributed by atoms with Crippen LogP contribution in [0.5, 0.6) is 5.75 Å². The highest BCUT2D eigenvalue weighted by Gasteiger charge is 2.41. The smallest absolute Gasteiger partial charge is 0.273 e. The molecular formula is C23H31N3O4S. The molecule has 0 atom stereocenters. The number of carbonyl (C=O) groups excluding carboxylic acids is 1. The fourth-order valence-electron chi connectivity index (χ4n) is 4.30. The van der Waals surface area contributed by atoms with E-state index in [0.717, 1.165) is 48.8 Å². The van der Waals surface area contributed by atoms with Crippen LogP contribution in [0.1, 0.15) is 33.9 Å². The summed E-state index contributed by atoms with van der Waals surface area (Å²) in [4.78, 5) is 21.5. The molecular weight excluding hydrogens is 414 g/mol. The number of aryl methyl sites for hydroxylation is 1. The molecule has 7 nitrogen and oxygen atoms in total. The average Bonchev–Trinajstić information content (AvgIpc) is 3.22. The topological polar surface area (TPSA) is 75.1 Å². The van der Waals surface area contributed by atoms with E-state index in [0.29, 0.717) is 38.4 Å². The van der Waals surface area contributed by atoms with E-state index in [4.69, 9.17) is 14.6 Å². The van der Waals surface area contributed by atoms with E-state index in [2.05, 4.69) is 9.88 Å². The highest BCUT2D eigenvalue weighted by molar-refractivity contribution is 7.09. The summed E-state index contributed by atoms with van der Waals surface area (Å²) in [6, 6.07) is 7.91. The minimum Gasteiger partial charge on any atom is -0.492 e. The second-order valence-corrected chi connectivity index (χ2v) is 9.38. The molecule has 2 saturated heterocycles. The summed E-state index contributed by atoms with van der Waals surface area (Å²) in [5.74, 6) is 0.880. The van der Waals surface area contributed by atoms with Gasteiger partial charge in [-0.3, -0.25) is 9.69 Å². The van der Waals surface area contributed by atoms with E-state index in [1.165, 1.54) is 11.3 Å². The van der Waals surface area contributed by atoms with Crippen molar-refractivity contribution < 1.29 is 19.4 Å². The van der Waals surface area contributed by atoms with Gasteiger partial charge in [-0.15, -0.1) is 11.3 Å². The molecule has 0 radical (unpaired) electrons. The zero-order chi connectivity index (χ0) is 21.7. The molecule has 2 aliphatic heterocycles. The van der Waals surface area contributed by atoms with Gasteiger partial charge in [0.2, 0.25) is 0 Å². The third kappa shape index (κ3) is 5.63. The fraction of sp³-hybridized carbons (Fsp3) is 0.565. The number of rotatable bonds is 7. The Morgan fingerprint density at radius 3 is 2.71 bits per heavy atom. The lowest BCUT2D eigenvalue weighted by Crippen LogP contribution is -2.58. The summed E-state index contributed by atoms with van der Waals surface area (Å²) in [6.45, 7) is 7.34. The van der Waals surface area contributed by atoms with Crippen molar-refractivity contribution in [3.05, 3.63) is 45.9 Å². The second kappa shape index (κ2) is 10.1. The summed E-state index contributed by atoms with van der Waals surface area (Å²) in [5, 5.41) is 11.8. The number of likely N-dealkylation sites (tertiary alicyclic amines) is 1. The molecule has 2 fully saturated rings. The van der Waals surface area contributed by atoms with Crippen molar-refractivity contribution in [2.24, 2.45) is 0 Å². The molecule has 1 N–H and O–H groups in total. The highest BCUT2D eigenvalue weighted by atomic mass is 32.1. The van der Waals surface area contributed by atoms with Crippen LogP contribution in [-0.4, -0.2) is 83.9 Å². The van der Waals surface area contributed by atoms with E-state index in [-0.39, 0.29) is 18.1 Å². The molecule has 1 aromatic heterocycles. The van der Waals surface area contributed by atoms with Crippen molar-refractivity contribution in [1.82, 2.24) is 14.8 Å². The lowest BCUT2D eigenvalue weighted by molar-refractivity contribution is -0.127. The van der Waals surface area contributed by atoms with Gasteiger partial charge >= 0.3 is 0 Å². The summed E-state index contributed by atoms with van der Waals surface area (Å²) < 4.78 is 12.1. The first-order valence-electron chi connectivity index (χ1n) is 11.0. The van der Waals surface area contributed by atoms with Crippen molar-refractivity contribution in [2.75, 3.05) is 52.5 Å². The number of thiazole rings is 1. The Kier molecular flexibility index (Phi) is 7.22. The predicted octanol–water partition coefficient (Wildman–Crippen LogP) is 2.37. The number of piperidine rings is 1. The standard InChI is InChI=1S/C23H31N3O4S/c1-18-24-21(16-31-18)22(28)26-12-15-30-23(17-26)7-9-25(10-8-23)11-14-29-20-4-2-19(3-5-20)6-13-27/h2-5,16,27H,6-15,17H2,1H3. The maximum atomic E-state index is 12.8. The normalized spacial score (nSPS) is 19.0. The van der Waals surface area contributed by atoms with Crippen LogP contribution >= 0.6 is 11.3 Å². The highest BCUT2D eigenvalue weighted by Crippen LogP contribution is 2.31. The first-order chi connectivity index (χ1) is 15.1. The molecule has 1 amide bonds. The van der Waals surface area contributed by atoms with Gasteiger partial charge in [0.25, 0.3) is 5.91 Å². The van der Waals surface area contributed by atoms with Crippen molar-refractivity contribution in [1.29, 1.82) is 0 Å². The van der Waals surface area contributed by atoms with Crippen LogP contribution in [0.25, 0.3) is 0 Å². The summed E-state index contributed by atoms with van der Waals surface area (Å²) in [7, 11) is 0. The Morgan fingerprint density at radius 1 is 1.26 bits per heavy atom. The molecule has 3 heterocycles. The number of morpholine rings is 1. The minimum atomic E-state index is -0.237. The van der Waals surface area contributed by atoms with Crippen LogP contribution in [0.2, 0.25) is 0 Å². The monoisotopic (exact) mass is 445 g/mol. The number of benzene rings is 1. The fourth-order valence-corrected chi connectivity index (χ4v) is 4.89. The maximum absolute atomic E-state index is 12.8. The number of ether oxygens (including phenoxy) is 2. The quantitative estimate of drug-likeness (QED) is 0.705. The van der Waals surface area contributed by atoms with Gasteiger partial charge < -0.3 is 19.5 Å².